The molecule has 4 atom stereocenters. The minimum Gasteiger partial charge on any atom is -0.461 e. The summed E-state index contributed by atoms with van der Waals surface area (Å²) in [7, 11) is 0. The first-order chi connectivity index (χ1) is 10.3. The SMILES string of the molecule is O=C(c1ccco1)[C@@H]1[C@H]2CCC[C@H]2[C@@H]1C(=O)c1ccco1. The van der Waals surface area contributed by atoms with Crippen LogP contribution in [0.3, 0.4) is 0 Å². The van der Waals surface area contributed by atoms with Gasteiger partial charge in [0.2, 0.25) is 11.6 Å². The zero-order chi connectivity index (χ0) is 14.4. The lowest BCUT2D eigenvalue weighted by Crippen LogP contribution is -2.51. The first kappa shape index (κ1) is 12.6. The number of rotatable bonds is 4. The van der Waals surface area contributed by atoms with Crippen LogP contribution < -0.4 is 0 Å². The number of hydrogen-bond donors (Lipinski definition) is 0. The van der Waals surface area contributed by atoms with Gasteiger partial charge in [-0.1, -0.05) is 6.42 Å². The van der Waals surface area contributed by atoms with Crippen LogP contribution in [-0.4, -0.2) is 11.6 Å². The summed E-state index contributed by atoms with van der Waals surface area (Å²) in [5.41, 5.74) is 0. The maximum atomic E-state index is 12.6. The van der Waals surface area contributed by atoms with Crippen LogP contribution in [0.4, 0.5) is 0 Å². The molecule has 2 aromatic rings. The Balaban J connectivity index is 1.65. The van der Waals surface area contributed by atoms with Gasteiger partial charge in [0, 0.05) is 11.8 Å². The average Bonchev–Trinajstić information content (AvgIpc) is 3.21. The molecule has 0 bridgehead atoms. The fourth-order valence-corrected chi connectivity index (χ4v) is 4.18. The lowest BCUT2D eigenvalue weighted by atomic mass is 9.55. The molecule has 4 heteroatoms. The van der Waals surface area contributed by atoms with Crippen molar-refractivity contribution in [2.45, 2.75) is 19.3 Å². The van der Waals surface area contributed by atoms with E-state index in [9.17, 15) is 9.59 Å². The fraction of sp³-hybridized carbons (Fsp3) is 0.412. The van der Waals surface area contributed by atoms with E-state index in [0.29, 0.717) is 23.4 Å². The van der Waals surface area contributed by atoms with Gasteiger partial charge in [-0.05, 0) is 48.9 Å². The molecule has 0 aromatic carbocycles. The molecule has 0 saturated heterocycles. The number of fused-ring (bicyclic) bond motifs is 1. The maximum Gasteiger partial charge on any atom is 0.202 e. The van der Waals surface area contributed by atoms with Gasteiger partial charge in [-0.25, -0.2) is 0 Å². The highest BCUT2D eigenvalue weighted by atomic mass is 16.3. The van der Waals surface area contributed by atoms with Crippen molar-refractivity contribution in [3.63, 3.8) is 0 Å². The Hall–Kier alpha value is -2.10. The van der Waals surface area contributed by atoms with Crippen molar-refractivity contribution < 1.29 is 18.4 Å². The van der Waals surface area contributed by atoms with Crippen molar-refractivity contribution in [3.8, 4) is 0 Å². The molecule has 4 rings (SSSR count). The van der Waals surface area contributed by atoms with Gasteiger partial charge < -0.3 is 8.83 Å². The number of carbonyl (C=O) groups is 2. The molecule has 0 N–H and O–H groups in total. The van der Waals surface area contributed by atoms with E-state index in [1.165, 1.54) is 12.5 Å². The minimum absolute atomic E-state index is 0.0342. The van der Waals surface area contributed by atoms with Crippen LogP contribution in [0.1, 0.15) is 40.4 Å². The zero-order valence-corrected chi connectivity index (χ0v) is 11.5. The summed E-state index contributed by atoms with van der Waals surface area (Å²) >= 11 is 0. The van der Waals surface area contributed by atoms with Crippen molar-refractivity contribution in [3.05, 3.63) is 48.3 Å². The molecule has 0 aliphatic heterocycles. The van der Waals surface area contributed by atoms with Crippen molar-refractivity contribution in [1.82, 2.24) is 0 Å². The van der Waals surface area contributed by atoms with Crippen molar-refractivity contribution >= 4 is 11.6 Å². The lowest BCUT2D eigenvalue weighted by molar-refractivity contribution is 0.0100. The summed E-state index contributed by atoms with van der Waals surface area (Å²) in [6.45, 7) is 0. The number of hydrogen-bond acceptors (Lipinski definition) is 4. The van der Waals surface area contributed by atoms with E-state index in [4.69, 9.17) is 8.83 Å². The van der Waals surface area contributed by atoms with Crippen LogP contribution in [0.25, 0.3) is 0 Å². The standard InChI is InChI=1S/C17H16O4/c18-16(12-6-2-8-20-12)14-10-4-1-5-11(10)15(14)17(19)13-7-3-9-21-13/h2-3,6-11,14-15H,1,4-5H2/t10-,11+,14+,15-. The molecule has 21 heavy (non-hydrogen) atoms. The molecule has 2 heterocycles. The average molecular weight is 284 g/mol. The monoisotopic (exact) mass is 284 g/mol. The third-order valence-corrected chi connectivity index (χ3v) is 5.07. The lowest BCUT2D eigenvalue weighted by Gasteiger charge is -2.46. The van der Waals surface area contributed by atoms with E-state index in [2.05, 4.69) is 0 Å². The number of Topliss-reactive ketones (excluding diaryl/α,β-unsaturated/α-hetero) is 2. The van der Waals surface area contributed by atoms with Gasteiger partial charge in [0.15, 0.2) is 11.5 Å². The normalized spacial score (nSPS) is 30.7. The third-order valence-electron chi connectivity index (χ3n) is 5.07. The summed E-state index contributed by atoms with van der Waals surface area (Å²) in [5, 5.41) is 0. The second-order valence-corrected chi connectivity index (χ2v) is 5.99. The van der Waals surface area contributed by atoms with Crippen molar-refractivity contribution in [1.29, 1.82) is 0 Å². The molecule has 2 aliphatic carbocycles. The Morgan fingerprint density at radius 3 is 1.71 bits per heavy atom. The van der Waals surface area contributed by atoms with E-state index >= 15 is 0 Å². The van der Waals surface area contributed by atoms with Gasteiger partial charge in [0.05, 0.1) is 12.5 Å². The Labute approximate surface area is 122 Å². The first-order valence-corrected chi connectivity index (χ1v) is 7.43. The molecule has 0 radical (unpaired) electrons. The largest absolute Gasteiger partial charge is 0.461 e. The van der Waals surface area contributed by atoms with Crippen LogP contribution in [0, 0.1) is 23.7 Å². The second kappa shape index (κ2) is 4.72. The summed E-state index contributed by atoms with van der Waals surface area (Å²) in [4.78, 5) is 25.3. The van der Waals surface area contributed by atoms with E-state index in [1.807, 2.05) is 0 Å². The molecule has 2 saturated carbocycles. The molecule has 108 valence electrons. The molecule has 2 aromatic heterocycles. The second-order valence-electron chi connectivity index (χ2n) is 5.99. The number of furan rings is 2. The van der Waals surface area contributed by atoms with Gasteiger partial charge in [0.1, 0.15) is 0 Å². The Kier molecular flexibility index (Phi) is 2.84. The zero-order valence-electron chi connectivity index (χ0n) is 11.5. The Bertz CT molecular complexity index is 595. The van der Waals surface area contributed by atoms with Crippen LogP contribution >= 0.6 is 0 Å². The summed E-state index contributed by atoms with van der Waals surface area (Å²) in [5.74, 6) is 0.812. The molecule has 2 fully saturated rings. The Morgan fingerprint density at radius 1 is 0.857 bits per heavy atom. The number of ketones is 2. The topological polar surface area (TPSA) is 60.4 Å². The van der Waals surface area contributed by atoms with Crippen molar-refractivity contribution in [2.24, 2.45) is 23.7 Å². The molecular formula is C17H16O4. The van der Waals surface area contributed by atoms with E-state index in [1.54, 1.807) is 24.3 Å². The van der Waals surface area contributed by atoms with Crippen LogP contribution in [-0.2, 0) is 0 Å². The van der Waals surface area contributed by atoms with Crippen LogP contribution in [0.5, 0.6) is 0 Å². The van der Waals surface area contributed by atoms with Crippen molar-refractivity contribution in [2.75, 3.05) is 0 Å². The fourth-order valence-electron chi connectivity index (χ4n) is 4.18. The quantitative estimate of drug-likeness (QED) is 0.805. The third kappa shape index (κ3) is 1.82. The Morgan fingerprint density at radius 2 is 1.33 bits per heavy atom. The van der Waals surface area contributed by atoms with Gasteiger partial charge in [-0.2, -0.15) is 0 Å². The highest BCUT2D eigenvalue weighted by Crippen LogP contribution is 2.57. The van der Waals surface area contributed by atoms with Gasteiger partial charge in [0.25, 0.3) is 0 Å². The van der Waals surface area contributed by atoms with Crippen LogP contribution in [0.15, 0.2) is 45.6 Å². The molecule has 4 nitrogen and oxygen atoms in total. The maximum absolute atomic E-state index is 12.6. The van der Waals surface area contributed by atoms with E-state index < -0.39 is 0 Å². The molecule has 2 aliphatic rings. The van der Waals surface area contributed by atoms with Gasteiger partial charge in [-0.15, -0.1) is 0 Å². The predicted molar refractivity (Wildman–Crippen MR) is 73.9 cm³/mol. The van der Waals surface area contributed by atoms with Gasteiger partial charge in [-0.3, -0.25) is 9.59 Å². The smallest absolute Gasteiger partial charge is 0.202 e. The first-order valence-electron chi connectivity index (χ1n) is 7.43. The molecule has 0 amide bonds. The highest BCUT2D eigenvalue weighted by molar-refractivity contribution is 6.04. The van der Waals surface area contributed by atoms with Gasteiger partial charge >= 0.3 is 0 Å². The number of carbonyl (C=O) groups excluding carboxylic acids is 2. The molecular weight excluding hydrogens is 268 g/mol. The van der Waals surface area contributed by atoms with E-state index in [0.717, 1.165) is 19.3 Å². The predicted octanol–water partition coefficient (Wildman–Crippen LogP) is 3.60. The molecule has 0 spiro atoms. The molecule has 0 unspecified atom stereocenters. The summed E-state index contributed by atoms with van der Waals surface area (Å²) in [6.07, 6.45) is 6.16. The summed E-state index contributed by atoms with van der Waals surface area (Å²) in [6, 6.07) is 6.78. The minimum atomic E-state index is -0.249. The van der Waals surface area contributed by atoms with E-state index in [-0.39, 0.29) is 23.4 Å². The summed E-state index contributed by atoms with van der Waals surface area (Å²) < 4.78 is 10.5. The highest BCUT2D eigenvalue weighted by Gasteiger charge is 2.59. The van der Waals surface area contributed by atoms with Crippen LogP contribution in [0.2, 0.25) is 0 Å².